The number of hydrogen-bond donors (Lipinski definition) is 3. The minimum absolute atomic E-state index is 0.0203. The number of aliphatic hydroxyl groups is 2. The third-order valence-electron chi connectivity index (χ3n) is 3.81. The van der Waals surface area contributed by atoms with Crippen LogP contribution in [0.1, 0.15) is 25.5 Å². The molecule has 0 unspecified atom stereocenters. The van der Waals surface area contributed by atoms with Crippen molar-refractivity contribution in [2.45, 2.75) is 37.7 Å². The number of carbonyl (C=O) groups excluding carboxylic acids is 1. The van der Waals surface area contributed by atoms with Crippen LogP contribution in [0, 0.1) is 0 Å². The highest BCUT2D eigenvalue weighted by Crippen LogP contribution is 2.32. The molecule has 0 amide bonds. The zero-order valence-corrected chi connectivity index (χ0v) is 12.9. The summed E-state index contributed by atoms with van der Waals surface area (Å²) in [6.07, 6.45) is 1.66. The molecule has 0 spiro atoms. The Labute approximate surface area is 137 Å². The van der Waals surface area contributed by atoms with Gasteiger partial charge in [-0.25, -0.2) is 4.98 Å². The number of nitrogens with two attached hydrogens (primary N) is 1. The van der Waals surface area contributed by atoms with Crippen LogP contribution in [-0.4, -0.2) is 61.4 Å². The van der Waals surface area contributed by atoms with Crippen LogP contribution >= 0.6 is 0 Å². The fourth-order valence-corrected chi connectivity index (χ4v) is 2.60. The summed E-state index contributed by atoms with van der Waals surface area (Å²) in [5.41, 5.74) is 6.57. The number of aldehydes is 1. The van der Waals surface area contributed by atoms with Gasteiger partial charge in [-0.3, -0.25) is 4.57 Å². The Morgan fingerprint density at radius 2 is 2.33 bits per heavy atom. The van der Waals surface area contributed by atoms with Crippen molar-refractivity contribution in [3.63, 3.8) is 0 Å². The molecule has 1 fully saturated rings. The highest BCUT2D eigenvalue weighted by molar-refractivity contribution is 5.77. The molecule has 3 atom stereocenters. The SMILES string of the molecule is Nc1nc(OCCCC=O)c2ncn([C@H]3C[C@H](O)[C@@H](CO)O3)c2n1. The monoisotopic (exact) mass is 337 g/mol. The fraction of sp³-hybridized carbons (Fsp3) is 0.571. The summed E-state index contributed by atoms with van der Waals surface area (Å²) in [5.74, 6) is 0.256. The van der Waals surface area contributed by atoms with E-state index in [0.717, 1.165) is 6.29 Å². The lowest BCUT2D eigenvalue weighted by Crippen LogP contribution is -2.24. The normalized spacial score (nSPS) is 23.7. The van der Waals surface area contributed by atoms with Gasteiger partial charge < -0.3 is 30.2 Å². The van der Waals surface area contributed by atoms with Crippen LogP contribution in [0.25, 0.3) is 11.2 Å². The van der Waals surface area contributed by atoms with Crippen LogP contribution in [0.15, 0.2) is 6.33 Å². The molecule has 1 aliphatic rings. The Balaban J connectivity index is 1.86. The van der Waals surface area contributed by atoms with Gasteiger partial charge in [0.1, 0.15) is 18.6 Å². The van der Waals surface area contributed by atoms with E-state index in [-0.39, 0.29) is 18.4 Å². The van der Waals surface area contributed by atoms with Crippen LogP contribution < -0.4 is 10.5 Å². The van der Waals surface area contributed by atoms with E-state index in [1.165, 1.54) is 6.33 Å². The molecule has 0 aromatic carbocycles. The van der Waals surface area contributed by atoms with E-state index in [4.69, 9.17) is 15.2 Å². The van der Waals surface area contributed by atoms with Gasteiger partial charge in [-0.1, -0.05) is 0 Å². The zero-order chi connectivity index (χ0) is 17.1. The van der Waals surface area contributed by atoms with Crippen molar-refractivity contribution < 1.29 is 24.5 Å². The van der Waals surface area contributed by atoms with Crippen molar-refractivity contribution in [1.29, 1.82) is 0 Å². The number of nitrogen functional groups attached to an aromatic ring is 1. The quantitative estimate of drug-likeness (QED) is 0.445. The van der Waals surface area contributed by atoms with E-state index in [9.17, 15) is 15.0 Å². The maximum absolute atomic E-state index is 10.3. The molecule has 0 aliphatic carbocycles. The van der Waals surface area contributed by atoms with Gasteiger partial charge in [0, 0.05) is 12.8 Å². The molecule has 24 heavy (non-hydrogen) atoms. The van der Waals surface area contributed by atoms with Gasteiger partial charge in [0.15, 0.2) is 11.2 Å². The summed E-state index contributed by atoms with van der Waals surface area (Å²) in [4.78, 5) is 22.8. The Morgan fingerprint density at radius 1 is 1.50 bits per heavy atom. The van der Waals surface area contributed by atoms with Gasteiger partial charge in [0.05, 0.1) is 25.6 Å². The topological polar surface area (TPSA) is 146 Å². The van der Waals surface area contributed by atoms with Crippen molar-refractivity contribution >= 4 is 23.4 Å². The molecule has 3 heterocycles. The standard InChI is InChI=1S/C14H19N5O5/c15-14-17-12-11(13(18-14)23-4-2-1-3-20)16-7-19(12)10-5-8(22)9(6-21)24-10/h3,7-10,21-22H,1-2,4-6H2,(H2,15,17,18)/t8-,9+,10+/m0/s1. The van der Waals surface area contributed by atoms with E-state index in [2.05, 4.69) is 15.0 Å². The van der Waals surface area contributed by atoms with Crippen molar-refractivity contribution in [3.05, 3.63) is 6.33 Å². The molecule has 3 rings (SSSR count). The van der Waals surface area contributed by atoms with Crippen LogP contribution in [0.2, 0.25) is 0 Å². The zero-order valence-electron chi connectivity index (χ0n) is 12.9. The number of unbranched alkanes of at least 4 members (excludes halogenated alkanes) is 1. The number of fused-ring (bicyclic) bond motifs is 1. The van der Waals surface area contributed by atoms with Crippen LogP contribution in [0.5, 0.6) is 5.88 Å². The smallest absolute Gasteiger partial charge is 0.247 e. The molecule has 2 aromatic rings. The average molecular weight is 337 g/mol. The number of carbonyl (C=O) groups is 1. The third-order valence-corrected chi connectivity index (χ3v) is 3.81. The van der Waals surface area contributed by atoms with Gasteiger partial charge >= 0.3 is 0 Å². The summed E-state index contributed by atoms with van der Waals surface area (Å²) in [6.45, 7) is 0.0366. The predicted octanol–water partition coefficient (Wildman–Crippen LogP) is -0.593. The van der Waals surface area contributed by atoms with Crippen molar-refractivity contribution in [2.24, 2.45) is 0 Å². The van der Waals surface area contributed by atoms with Crippen LogP contribution in [0.4, 0.5) is 5.95 Å². The van der Waals surface area contributed by atoms with Crippen molar-refractivity contribution in [2.75, 3.05) is 18.9 Å². The van der Waals surface area contributed by atoms with Gasteiger partial charge in [0.25, 0.3) is 0 Å². The number of hydrogen-bond acceptors (Lipinski definition) is 9. The molecular formula is C14H19N5O5. The number of imidazole rings is 1. The molecule has 0 saturated carbocycles. The molecule has 0 radical (unpaired) electrons. The molecule has 0 bridgehead atoms. The number of aromatic nitrogens is 4. The largest absolute Gasteiger partial charge is 0.476 e. The lowest BCUT2D eigenvalue weighted by atomic mass is 10.2. The fourth-order valence-electron chi connectivity index (χ4n) is 2.60. The second-order valence-corrected chi connectivity index (χ2v) is 5.48. The first kappa shape index (κ1) is 16.6. The van der Waals surface area contributed by atoms with Crippen LogP contribution in [-0.2, 0) is 9.53 Å². The molecule has 10 nitrogen and oxygen atoms in total. The van der Waals surface area contributed by atoms with Gasteiger partial charge in [-0.05, 0) is 6.42 Å². The molecular weight excluding hydrogens is 318 g/mol. The third kappa shape index (κ3) is 3.16. The lowest BCUT2D eigenvalue weighted by Gasteiger charge is -2.14. The van der Waals surface area contributed by atoms with Crippen molar-refractivity contribution in [3.8, 4) is 5.88 Å². The Morgan fingerprint density at radius 3 is 3.04 bits per heavy atom. The molecule has 1 saturated heterocycles. The molecule has 1 aliphatic heterocycles. The summed E-state index contributed by atoms with van der Waals surface area (Å²) < 4.78 is 12.8. The van der Waals surface area contributed by atoms with E-state index < -0.39 is 18.4 Å². The Hall–Kier alpha value is -2.30. The second kappa shape index (κ2) is 7.07. The first-order valence-electron chi connectivity index (χ1n) is 7.65. The molecule has 2 aromatic heterocycles. The number of nitrogens with zero attached hydrogens (tertiary/aromatic N) is 4. The minimum Gasteiger partial charge on any atom is -0.476 e. The van der Waals surface area contributed by atoms with Gasteiger partial charge in [-0.15, -0.1) is 0 Å². The highest BCUT2D eigenvalue weighted by atomic mass is 16.5. The van der Waals surface area contributed by atoms with Gasteiger partial charge in [-0.2, -0.15) is 9.97 Å². The average Bonchev–Trinajstić information content (AvgIpc) is 3.14. The summed E-state index contributed by atoms with van der Waals surface area (Å²) in [7, 11) is 0. The first-order chi connectivity index (χ1) is 11.6. The van der Waals surface area contributed by atoms with E-state index in [1.807, 2.05) is 0 Å². The predicted molar refractivity (Wildman–Crippen MR) is 82.1 cm³/mol. The highest BCUT2D eigenvalue weighted by Gasteiger charge is 2.35. The molecule has 130 valence electrons. The van der Waals surface area contributed by atoms with E-state index in [0.29, 0.717) is 37.0 Å². The minimum atomic E-state index is -0.768. The Kier molecular flexibility index (Phi) is 4.88. The summed E-state index contributed by atoms with van der Waals surface area (Å²) >= 11 is 0. The summed E-state index contributed by atoms with van der Waals surface area (Å²) in [6, 6.07) is 0. The first-order valence-corrected chi connectivity index (χ1v) is 7.65. The number of anilines is 1. The maximum Gasteiger partial charge on any atom is 0.247 e. The number of rotatable bonds is 7. The maximum atomic E-state index is 10.3. The molecule has 4 N–H and O–H groups in total. The second-order valence-electron chi connectivity index (χ2n) is 5.48. The van der Waals surface area contributed by atoms with Crippen molar-refractivity contribution in [1.82, 2.24) is 19.5 Å². The van der Waals surface area contributed by atoms with Gasteiger partial charge in [0.2, 0.25) is 11.8 Å². The van der Waals surface area contributed by atoms with E-state index >= 15 is 0 Å². The number of ether oxygens (including phenoxy) is 2. The van der Waals surface area contributed by atoms with Crippen LogP contribution in [0.3, 0.4) is 0 Å². The lowest BCUT2D eigenvalue weighted by molar-refractivity contribution is -0.108. The van der Waals surface area contributed by atoms with E-state index in [1.54, 1.807) is 4.57 Å². The molecule has 10 heteroatoms. The Bertz CT molecular complexity index is 721. The number of aliphatic hydroxyl groups excluding tert-OH is 2. The summed E-state index contributed by atoms with van der Waals surface area (Å²) in [5, 5.41) is 19.1.